The molecule has 0 radical (unpaired) electrons. The van der Waals surface area contributed by atoms with Gasteiger partial charge in [-0.15, -0.1) is 0 Å². The molecule has 0 amide bonds. The fourth-order valence-corrected chi connectivity index (χ4v) is 1.92. The van der Waals surface area contributed by atoms with E-state index in [-0.39, 0.29) is 5.57 Å². The summed E-state index contributed by atoms with van der Waals surface area (Å²) >= 11 is 0. The van der Waals surface area contributed by atoms with Gasteiger partial charge in [0, 0.05) is 6.08 Å². The van der Waals surface area contributed by atoms with Gasteiger partial charge >= 0.3 is 11.9 Å². The standard InChI is InChI=1S/C16H26O4/c1-2-3-4-5-6-7-8-9-10-11-12-14(16(19)20)13-15(17)18/h11-13H,2-10H2,1H3,(H,17,18)(H,19,20). The van der Waals surface area contributed by atoms with Gasteiger partial charge in [0.25, 0.3) is 0 Å². The molecule has 114 valence electrons. The van der Waals surface area contributed by atoms with Crippen LogP contribution in [0.1, 0.15) is 64.7 Å². The molecule has 0 aromatic heterocycles. The van der Waals surface area contributed by atoms with Crippen molar-refractivity contribution in [1.29, 1.82) is 0 Å². The normalized spacial score (nSPS) is 11.9. The number of hydrogen-bond acceptors (Lipinski definition) is 2. The van der Waals surface area contributed by atoms with Crippen LogP contribution in [0.3, 0.4) is 0 Å². The second-order valence-corrected chi connectivity index (χ2v) is 4.91. The first-order valence-electron chi connectivity index (χ1n) is 7.42. The number of unbranched alkanes of at least 4 members (excludes halogenated alkanes) is 8. The molecule has 0 saturated heterocycles. The highest BCUT2D eigenvalue weighted by Gasteiger charge is 2.04. The highest BCUT2D eigenvalue weighted by molar-refractivity contribution is 5.96. The van der Waals surface area contributed by atoms with Crippen molar-refractivity contribution in [3.8, 4) is 0 Å². The van der Waals surface area contributed by atoms with Crippen molar-refractivity contribution in [1.82, 2.24) is 0 Å². The summed E-state index contributed by atoms with van der Waals surface area (Å²) in [5.74, 6) is -2.45. The molecule has 0 heterocycles. The van der Waals surface area contributed by atoms with Crippen molar-refractivity contribution in [3.63, 3.8) is 0 Å². The maximum Gasteiger partial charge on any atom is 0.335 e. The maximum absolute atomic E-state index is 10.7. The number of carbonyl (C=O) groups is 2. The topological polar surface area (TPSA) is 74.6 Å². The molecule has 20 heavy (non-hydrogen) atoms. The van der Waals surface area contributed by atoms with E-state index in [9.17, 15) is 9.59 Å². The van der Waals surface area contributed by atoms with Crippen molar-refractivity contribution >= 4 is 11.9 Å². The molecular formula is C16H26O4. The van der Waals surface area contributed by atoms with Crippen LogP contribution in [0.5, 0.6) is 0 Å². The molecule has 0 bridgehead atoms. The van der Waals surface area contributed by atoms with Crippen molar-refractivity contribution in [2.24, 2.45) is 0 Å². The van der Waals surface area contributed by atoms with Crippen LogP contribution in [0.4, 0.5) is 0 Å². The van der Waals surface area contributed by atoms with Crippen LogP contribution in [0, 0.1) is 0 Å². The van der Waals surface area contributed by atoms with Gasteiger partial charge in [0.1, 0.15) is 0 Å². The Morgan fingerprint density at radius 2 is 1.45 bits per heavy atom. The molecule has 4 heteroatoms. The molecule has 0 aromatic rings. The van der Waals surface area contributed by atoms with Crippen LogP contribution in [0.15, 0.2) is 23.8 Å². The molecule has 0 aliphatic rings. The first-order valence-corrected chi connectivity index (χ1v) is 7.42. The van der Waals surface area contributed by atoms with Crippen LogP contribution in [-0.4, -0.2) is 22.2 Å². The Morgan fingerprint density at radius 3 is 1.95 bits per heavy atom. The Kier molecular flexibility index (Phi) is 11.5. The van der Waals surface area contributed by atoms with Crippen LogP contribution < -0.4 is 0 Å². The summed E-state index contributed by atoms with van der Waals surface area (Å²) in [6, 6.07) is 0. The molecule has 0 saturated carbocycles. The first kappa shape index (κ1) is 18.4. The van der Waals surface area contributed by atoms with Gasteiger partial charge < -0.3 is 10.2 Å². The van der Waals surface area contributed by atoms with Gasteiger partial charge in [0.2, 0.25) is 0 Å². The van der Waals surface area contributed by atoms with E-state index in [2.05, 4.69) is 6.92 Å². The van der Waals surface area contributed by atoms with Gasteiger partial charge in [-0.3, -0.25) is 0 Å². The third-order valence-electron chi connectivity index (χ3n) is 3.05. The lowest BCUT2D eigenvalue weighted by atomic mass is 10.1. The zero-order valence-corrected chi connectivity index (χ0v) is 12.3. The monoisotopic (exact) mass is 282 g/mol. The van der Waals surface area contributed by atoms with E-state index in [4.69, 9.17) is 10.2 Å². The zero-order chi connectivity index (χ0) is 15.2. The average molecular weight is 282 g/mol. The van der Waals surface area contributed by atoms with Gasteiger partial charge in [-0.05, 0) is 12.8 Å². The van der Waals surface area contributed by atoms with Crippen LogP contribution in [0.2, 0.25) is 0 Å². The SMILES string of the molecule is CCCCCCCCCCC=CC(=CC(=O)O)C(=O)O. The third kappa shape index (κ3) is 11.5. The summed E-state index contributed by atoms with van der Waals surface area (Å²) in [6.45, 7) is 2.20. The van der Waals surface area contributed by atoms with Gasteiger partial charge in [0.15, 0.2) is 0 Å². The number of hydrogen-bond donors (Lipinski definition) is 2. The number of allylic oxidation sites excluding steroid dienone is 1. The van der Waals surface area contributed by atoms with Gasteiger partial charge in [-0.2, -0.15) is 0 Å². The summed E-state index contributed by atoms with van der Waals surface area (Å²) in [7, 11) is 0. The molecule has 4 nitrogen and oxygen atoms in total. The second kappa shape index (κ2) is 12.5. The summed E-state index contributed by atoms with van der Waals surface area (Å²) in [4.78, 5) is 21.2. The second-order valence-electron chi connectivity index (χ2n) is 4.91. The van der Waals surface area contributed by atoms with E-state index in [0.717, 1.165) is 19.3 Å². The molecule has 0 aliphatic carbocycles. The molecule has 2 N–H and O–H groups in total. The van der Waals surface area contributed by atoms with Crippen LogP contribution >= 0.6 is 0 Å². The number of carboxylic acid groups (broad SMARTS) is 2. The Bertz CT molecular complexity index is 342. The molecule has 0 aromatic carbocycles. The van der Waals surface area contributed by atoms with Crippen molar-refractivity contribution in [3.05, 3.63) is 23.8 Å². The van der Waals surface area contributed by atoms with E-state index in [1.165, 1.54) is 44.6 Å². The predicted octanol–water partition coefficient (Wildman–Crippen LogP) is 4.17. The quantitative estimate of drug-likeness (QED) is 0.320. The number of carboxylic acids is 2. The van der Waals surface area contributed by atoms with E-state index >= 15 is 0 Å². The van der Waals surface area contributed by atoms with Gasteiger partial charge in [-0.25, -0.2) is 9.59 Å². The lowest BCUT2D eigenvalue weighted by Crippen LogP contribution is -2.01. The largest absolute Gasteiger partial charge is 0.478 e. The highest BCUT2D eigenvalue weighted by Crippen LogP contribution is 2.10. The number of rotatable bonds is 12. The lowest BCUT2D eigenvalue weighted by Gasteiger charge is -2.00. The minimum absolute atomic E-state index is 0.183. The maximum atomic E-state index is 10.7. The van der Waals surface area contributed by atoms with Crippen LogP contribution in [0.25, 0.3) is 0 Å². The molecule has 0 fully saturated rings. The molecule has 0 spiro atoms. The predicted molar refractivity (Wildman–Crippen MR) is 79.7 cm³/mol. The summed E-state index contributed by atoms with van der Waals surface area (Å²) in [5.41, 5.74) is -0.183. The van der Waals surface area contributed by atoms with Crippen molar-refractivity contribution in [2.45, 2.75) is 64.7 Å². The summed E-state index contributed by atoms with van der Waals surface area (Å²) in [5, 5.41) is 17.3. The molecule has 0 atom stereocenters. The lowest BCUT2D eigenvalue weighted by molar-refractivity contribution is -0.134. The van der Waals surface area contributed by atoms with Gasteiger partial charge in [-0.1, -0.05) is 64.0 Å². The van der Waals surface area contributed by atoms with Crippen molar-refractivity contribution in [2.75, 3.05) is 0 Å². The zero-order valence-electron chi connectivity index (χ0n) is 12.3. The van der Waals surface area contributed by atoms with E-state index in [1.807, 2.05) is 0 Å². The van der Waals surface area contributed by atoms with Gasteiger partial charge in [0.05, 0.1) is 5.57 Å². The summed E-state index contributed by atoms with van der Waals surface area (Å²) in [6.07, 6.45) is 14.5. The fraction of sp³-hybridized carbons (Fsp3) is 0.625. The molecule has 0 aliphatic heterocycles. The Hall–Kier alpha value is -1.58. The third-order valence-corrected chi connectivity index (χ3v) is 3.05. The molecule has 0 rings (SSSR count). The smallest absolute Gasteiger partial charge is 0.335 e. The minimum atomic E-state index is -1.24. The first-order chi connectivity index (χ1) is 9.57. The molecule has 0 unspecified atom stereocenters. The minimum Gasteiger partial charge on any atom is -0.478 e. The van der Waals surface area contributed by atoms with Crippen molar-refractivity contribution < 1.29 is 19.8 Å². The van der Waals surface area contributed by atoms with E-state index < -0.39 is 11.9 Å². The number of aliphatic carboxylic acids is 2. The summed E-state index contributed by atoms with van der Waals surface area (Å²) < 4.78 is 0. The Balaban J connectivity index is 3.69. The van der Waals surface area contributed by atoms with Crippen LogP contribution in [-0.2, 0) is 9.59 Å². The fourth-order valence-electron chi connectivity index (χ4n) is 1.92. The average Bonchev–Trinajstić information content (AvgIpc) is 2.39. The molecular weight excluding hydrogens is 256 g/mol. The Labute approximate surface area is 121 Å². The Morgan fingerprint density at radius 1 is 0.900 bits per heavy atom. The highest BCUT2D eigenvalue weighted by atomic mass is 16.4. The van der Waals surface area contributed by atoms with E-state index in [1.54, 1.807) is 6.08 Å². The van der Waals surface area contributed by atoms with E-state index in [0.29, 0.717) is 6.08 Å².